The SMILES string of the molecule is COc1ccc(C(=O)C(C)NCCNC(C)=O)cc1C. The number of ketones is 1. The highest BCUT2D eigenvalue weighted by Crippen LogP contribution is 2.19. The summed E-state index contributed by atoms with van der Waals surface area (Å²) in [7, 11) is 1.61. The molecule has 1 amide bonds. The zero-order valence-corrected chi connectivity index (χ0v) is 12.4. The Hall–Kier alpha value is -1.88. The average Bonchev–Trinajstić information content (AvgIpc) is 2.42. The molecule has 1 unspecified atom stereocenters. The molecule has 0 aromatic heterocycles. The molecule has 1 rings (SSSR count). The molecule has 0 saturated heterocycles. The van der Waals surface area contributed by atoms with Gasteiger partial charge in [-0.05, 0) is 37.6 Å². The van der Waals surface area contributed by atoms with E-state index in [0.717, 1.165) is 11.3 Å². The molecule has 0 aliphatic carbocycles. The number of Topliss-reactive ketones (excluding diaryl/α,β-unsaturated/α-hetero) is 1. The molecule has 2 N–H and O–H groups in total. The molecule has 0 aliphatic heterocycles. The van der Waals surface area contributed by atoms with Crippen LogP contribution in [0.2, 0.25) is 0 Å². The third-order valence-corrected chi connectivity index (χ3v) is 3.02. The van der Waals surface area contributed by atoms with E-state index in [0.29, 0.717) is 18.7 Å². The van der Waals surface area contributed by atoms with Crippen LogP contribution in [-0.2, 0) is 4.79 Å². The van der Waals surface area contributed by atoms with Crippen LogP contribution in [0.5, 0.6) is 5.75 Å². The van der Waals surface area contributed by atoms with Gasteiger partial charge in [0.15, 0.2) is 5.78 Å². The Balaban J connectivity index is 2.56. The molecule has 5 heteroatoms. The van der Waals surface area contributed by atoms with E-state index in [2.05, 4.69) is 10.6 Å². The number of aryl methyl sites for hydroxylation is 1. The summed E-state index contributed by atoms with van der Waals surface area (Å²) in [6.45, 7) is 6.26. The first-order valence-electron chi connectivity index (χ1n) is 6.62. The summed E-state index contributed by atoms with van der Waals surface area (Å²) >= 11 is 0. The number of ether oxygens (including phenoxy) is 1. The van der Waals surface area contributed by atoms with Gasteiger partial charge in [-0.1, -0.05) is 0 Å². The van der Waals surface area contributed by atoms with Gasteiger partial charge in [0, 0.05) is 25.6 Å². The highest BCUT2D eigenvalue weighted by atomic mass is 16.5. The number of methoxy groups -OCH3 is 1. The predicted molar refractivity (Wildman–Crippen MR) is 78.2 cm³/mol. The van der Waals surface area contributed by atoms with Crippen molar-refractivity contribution >= 4 is 11.7 Å². The third kappa shape index (κ3) is 4.66. The second-order valence-electron chi connectivity index (χ2n) is 4.71. The topological polar surface area (TPSA) is 67.4 Å². The number of rotatable bonds is 7. The first-order valence-corrected chi connectivity index (χ1v) is 6.62. The maximum Gasteiger partial charge on any atom is 0.216 e. The van der Waals surface area contributed by atoms with Gasteiger partial charge in [0.2, 0.25) is 5.91 Å². The number of carbonyl (C=O) groups excluding carboxylic acids is 2. The zero-order chi connectivity index (χ0) is 15.1. The lowest BCUT2D eigenvalue weighted by Gasteiger charge is -2.14. The highest BCUT2D eigenvalue weighted by Gasteiger charge is 2.15. The minimum atomic E-state index is -0.295. The lowest BCUT2D eigenvalue weighted by molar-refractivity contribution is -0.118. The largest absolute Gasteiger partial charge is 0.496 e. The molecule has 20 heavy (non-hydrogen) atoms. The Morgan fingerprint density at radius 3 is 2.55 bits per heavy atom. The fourth-order valence-electron chi connectivity index (χ4n) is 1.90. The summed E-state index contributed by atoms with van der Waals surface area (Å²) in [5.41, 5.74) is 1.59. The number of carbonyl (C=O) groups is 2. The molecule has 1 atom stereocenters. The first-order chi connectivity index (χ1) is 9.45. The summed E-state index contributed by atoms with van der Waals surface area (Å²) in [6, 6.07) is 5.09. The van der Waals surface area contributed by atoms with Crippen LogP contribution in [0.25, 0.3) is 0 Å². The number of benzene rings is 1. The molecular formula is C15H22N2O3. The second kappa shape index (κ2) is 7.65. The van der Waals surface area contributed by atoms with E-state index in [4.69, 9.17) is 4.74 Å². The minimum Gasteiger partial charge on any atom is -0.496 e. The predicted octanol–water partition coefficient (Wildman–Crippen LogP) is 1.30. The Labute approximate surface area is 119 Å². The van der Waals surface area contributed by atoms with Crippen LogP contribution in [0.15, 0.2) is 18.2 Å². The minimum absolute atomic E-state index is 0.0265. The van der Waals surface area contributed by atoms with Crippen molar-refractivity contribution in [3.05, 3.63) is 29.3 Å². The molecule has 0 heterocycles. The number of hydrogen-bond acceptors (Lipinski definition) is 4. The van der Waals surface area contributed by atoms with E-state index in [9.17, 15) is 9.59 Å². The quantitative estimate of drug-likeness (QED) is 0.583. The van der Waals surface area contributed by atoms with Gasteiger partial charge in [-0.3, -0.25) is 9.59 Å². The molecule has 0 saturated carbocycles. The van der Waals surface area contributed by atoms with Crippen molar-refractivity contribution < 1.29 is 14.3 Å². The van der Waals surface area contributed by atoms with E-state index in [-0.39, 0.29) is 17.7 Å². The van der Waals surface area contributed by atoms with E-state index in [1.165, 1.54) is 6.92 Å². The van der Waals surface area contributed by atoms with Crippen LogP contribution in [0.4, 0.5) is 0 Å². The Morgan fingerprint density at radius 2 is 2.00 bits per heavy atom. The van der Waals surface area contributed by atoms with Gasteiger partial charge in [-0.25, -0.2) is 0 Å². The van der Waals surface area contributed by atoms with Gasteiger partial charge in [-0.2, -0.15) is 0 Å². The molecule has 0 aliphatic rings. The van der Waals surface area contributed by atoms with Crippen LogP contribution in [0.3, 0.4) is 0 Å². The van der Waals surface area contributed by atoms with Gasteiger partial charge >= 0.3 is 0 Å². The molecule has 5 nitrogen and oxygen atoms in total. The Morgan fingerprint density at radius 1 is 1.30 bits per heavy atom. The molecule has 0 spiro atoms. The smallest absolute Gasteiger partial charge is 0.216 e. The van der Waals surface area contributed by atoms with E-state index >= 15 is 0 Å². The second-order valence-corrected chi connectivity index (χ2v) is 4.71. The Bertz CT molecular complexity index is 486. The number of amides is 1. The summed E-state index contributed by atoms with van der Waals surface area (Å²) < 4.78 is 5.17. The van der Waals surface area contributed by atoms with E-state index < -0.39 is 0 Å². The van der Waals surface area contributed by atoms with Crippen molar-refractivity contribution in [1.82, 2.24) is 10.6 Å². The Kier molecular flexibility index (Phi) is 6.18. The summed E-state index contributed by atoms with van der Waals surface area (Å²) in [5.74, 6) is 0.725. The fourth-order valence-corrected chi connectivity index (χ4v) is 1.90. The van der Waals surface area contributed by atoms with E-state index in [1.807, 2.05) is 19.9 Å². The first kappa shape index (κ1) is 16.2. The summed E-state index contributed by atoms with van der Waals surface area (Å²) in [5, 5.41) is 5.76. The highest BCUT2D eigenvalue weighted by molar-refractivity contribution is 6.00. The molecular weight excluding hydrogens is 256 g/mol. The van der Waals surface area contributed by atoms with Crippen molar-refractivity contribution in [3.63, 3.8) is 0 Å². The van der Waals surface area contributed by atoms with Crippen molar-refractivity contribution in [3.8, 4) is 5.75 Å². The normalized spacial score (nSPS) is 11.8. The van der Waals surface area contributed by atoms with Crippen molar-refractivity contribution in [2.24, 2.45) is 0 Å². The third-order valence-electron chi connectivity index (χ3n) is 3.02. The number of hydrogen-bond donors (Lipinski definition) is 2. The maximum absolute atomic E-state index is 12.2. The fraction of sp³-hybridized carbons (Fsp3) is 0.467. The van der Waals surface area contributed by atoms with Crippen LogP contribution in [0, 0.1) is 6.92 Å². The van der Waals surface area contributed by atoms with Crippen LogP contribution < -0.4 is 15.4 Å². The van der Waals surface area contributed by atoms with Crippen molar-refractivity contribution in [1.29, 1.82) is 0 Å². The monoisotopic (exact) mass is 278 g/mol. The average molecular weight is 278 g/mol. The van der Waals surface area contributed by atoms with E-state index in [1.54, 1.807) is 19.2 Å². The van der Waals surface area contributed by atoms with Crippen LogP contribution >= 0.6 is 0 Å². The number of nitrogens with one attached hydrogen (secondary N) is 2. The zero-order valence-electron chi connectivity index (χ0n) is 12.4. The molecule has 110 valence electrons. The molecule has 1 aromatic carbocycles. The lowest BCUT2D eigenvalue weighted by atomic mass is 10.0. The maximum atomic E-state index is 12.2. The lowest BCUT2D eigenvalue weighted by Crippen LogP contribution is -2.39. The molecule has 0 radical (unpaired) electrons. The van der Waals surface area contributed by atoms with Crippen molar-refractivity contribution in [2.45, 2.75) is 26.8 Å². The van der Waals surface area contributed by atoms with Gasteiger partial charge in [0.05, 0.1) is 13.2 Å². The molecule has 0 fully saturated rings. The van der Waals surface area contributed by atoms with Gasteiger partial charge < -0.3 is 15.4 Å². The summed E-state index contributed by atoms with van der Waals surface area (Å²) in [6.07, 6.45) is 0. The van der Waals surface area contributed by atoms with Crippen molar-refractivity contribution in [2.75, 3.05) is 20.2 Å². The molecule has 0 bridgehead atoms. The standard InChI is InChI=1S/C15H22N2O3/c1-10-9-13(5-6-14(10)20-4)15(19)11(2)16-7-8-17-12(3)18/h5-6,9,11,16H,7-8H2,1-4H3,(H,17,18). The van der Waals surface area contributed by atoms with Crippen LogP contribution in [0.1, 0.15) is 29.8 Å². The van der Waals surface area contributed by atoms with Gasteiger partial charge in [0.1, 0.15) is 5.75 Å². The summed E-state index contributed by atoms with van der Waals surface area (Å²) in [4.78, 5) is 23.0. The van der Waals surface area contributed by atoms with Gasteiger partial charge in [0.25, 0.3) is 0 Å². The molecule has 1 aromatic rings. The van der Waals surface area contributed by atoms with Gasteiger partial charge in [-0.15, -0.1) is 0 Å². The van der Waals surface area contributed by atoms with Crippen LogP contribution in [-0.4, -0.2) is 37.9 Å².